The molecule has 0 bridgehead atoms. The Hall–Kier alpha value is 0.480. The minimum Gasteiger partial charge on any atom is -0.353 e. The van der Waals surface area contributed by atoms with Gasteiger partial charge in [-0.3, -0.25) is 10.1 Å². The molecule has 2 N–H and O–H groups in total. The molecule has 1 saturated heterocycles. The third-order valence-electron chi connectivity index (χ3n) is 1.59. The lowest BCUT2D eigenvalue weighted by Crippen LogP contribution is -2.45. The van der Waals surface area contributed by atoms with Gasteiger partial charge in [0.2, 0.25) is 5.91 Å². The molecular weight excluding hydrogens is 224 g/mol. The molecule has 0 aromatic rings. The van der Waals surface area contributed by atoms with Crippen molar-refractivity contribution >= 4 is 40.1 Å². The average Bonchev–Trinajstić information content (AvgIpc) is 2.50. The highest BCUT2D eigenvalue weighted by Gasteiger charge is 2.29. The van der Waals surface area contributed by atoms with Crippen molar-refractivity contribution in [3.63, 3.8) is 0 Å². The minimum atomic E-state index is -0.0583. The summed E-state index contributed by atoms with van der Waals surface area (Å²) in [5.41, 5.74) is 0. The van der Waals surface area contributed by atoms with Crippen molar-refractivity contribution in [2.75, 3.05) is 5.75 Å². The summed E-state index contributed by atoms with van der Waals surface area (Å²) in [6.45, 7) is 3.93. The van der Waals surface area contributed by atoms with Crippen molar-refractivity contribution in [3.05, 3.63) is 0 Å². The predicted molar refractivity (Wildman–Crippen MR) is 63.0 cm³/mol. The summed E-state index contributed by atoms with van der Waals surface area (Å²) in [6.07, 6.45) is 0. The molecular formula is C7H14N2OS3. The number of hydrogen-bond acceptors (Lipinski definition) is 5. The molecule has 0 saturated carbocycles. The molecule has 0 aromatic heterocycles. The third kappa shape index (κ3) is 3.61. The van der Waals surface area contributed by atoms with E-state index in [0.29, 0.717) is 0 Å². The van der Waals surface area contributed by atoms with Gasteiger partial charge in [0.15, 0.2) is 0 Å². The van der Waals surface area contributed by atoms with Crippen molar-refractivity contribution in [3.8, 4) is 0 Å². The summed E-state index contributed by atoms with van der Waals surface area (Å²) >= 11 is 5.82. The lowest BCUT2D eigenvalue weighted by atomic mass is 10.3. The van der Waals surface area contributed by atoms with Crippen LogP contribution in [0.15, 0.2) is 0 Å². The van der Waals surface area contributed by atoms with Crippen molar-refractivity contribution in [1.82, 2.24) is 10.6 Å². The molecule has 3 nitrogen and oxygen atoms in total. The van der Waals surface area contributed by atoms with E-state index in [1.807, 2.05) is 13.8 Å². The molecule has 76 valence electrons. The van der Waals surface area contributed by atoms with Crippen molar-refractivity contribution in [2.45, 2.75) is 30.6 Å². The van der Waals surface area contributed by atoms with Gasteiger partial charge in [0.25, 0.3) is 0 Å². The number of carbonyl (C=O) groups excluding carboxylic acids is 1. The Bertz CT molecular complexity index is 189. The van der Waals surface area contributed by atoms with Crippen LogP contribution in [0.4, 0.5) is 0 Å². The Morgan fingerprint density at radius 3 is 2.92 bits per heavy atom. The molecule has 0 spiro atoms. The molecule has 1 heterocycles. The van der Waals surface area contributed by atoms with E-state index >= 15 is 0 Å². The zero-order valence-corrected chi connectivity index (χ0v) is 10.1. The fraction of sp³-hybridized carbons (Fsp3) is 0.857. The van der Waals surface area contributed by atoms with Gasteiger partial charge in [-0.1, -0.05) is 10.8 Å². The Balaban J connectivity index is 2.33. The van der Waals surface area contributed by atoms with E-state index < -0.39 is 0 Å². The van der Waals surface area contributed by atoms with Crippen LogP contribution in [0.3, 0.4) is 0 Å². The summed E-state index contributed by atoms with van der Waals surface area (Å²) in [5, 5.41) is 6.06. The summed E-state index contributed by atoms with van der Waals surface area (Å²) in [7, 11) is 1.44. The Kier molecular flexibility index (Phi) is 4.78. The second kappa shape index (κ2) is 5.38. The molecule has 2 atom stereocenters. The van der Waals surface area contributed by atoms with Crippen LogP contribution in [-0.4, -0.2) is 28.4 Å². The number of hydrogen-bond donors (Lipinski definition) is 3. The van der Waals surface area contributed by atoms with E-state index in [9.17, 15) is 4.79 Å². The fourth-order valence-corrected chi connectivity index (χ4v) is 3.35. The lowest BCUT2D eigenvalue weighted by Gasteiger charge is -2.13. The number of rotatable bonds is 3. The monoisotopic (exact) mass is 238 g/mol. The second-order valence-corrected chi connectivity index (χ2v) is 5.90. The van der Waals surface area contributed by atoms with Crippen LogP contribution in [0.1, 0.15) is 13.8 Å². The van der Waals surface area contributed by atoms with Crippen LogP contribution >= 0.6 is 34.2 Å². The first-order valence-electron chi connectivity index (χ1n) is 4.11. The maximum Gasteiger partial charge on any atom is 0.238 e. The van der Waals surface area contributed by atoms with Crippen LogP contribution in [0, 0.1) is 0 Å². The number of amides is 1. The number of nitrogens with one attached hydrogen (secondary N) is 2. The molecule has 0 radical (unpaired) electrons. The maximum absolute atomic E-state index is 11.5. The van der Waals surface area contributed by atoms with E-state index in [4.69, 9.17) is 0 Å². The molecule has 1 aliphatic heterocycles. The number of carbonyl (C=O) groups is 1. The van der Waals surface area contributed by atoms with Gasteiger partial charge >= 0.3 is 0 Å². The molecule has 1 rings (SSSR count). The van der Waals surface area contributed by atoms with E-state index in [2.05, 4.69) is 22.3 Å². The first-order valence-corrected chi connectivity index (χ1v) is 7.10. The predicted octanol–water partition coefficient (Wildman–Crippen LogP) is 1.08. The fourth-order valence-electron chi connectivity index (χ4n) is 1.04. The first kappa shape index (κ1) is 11.6. The van der Waals surface area contributed by atoms with Gasteiger partial charge in [0, 0.05) is 11.8 Å². The van der Waals surface area contributed by atoms with Gasteiger partial charge in [-0.2, -0.15) is 0 Å². The first-order chi connectivity index (χ1) is 6.13. The summed E-state index contributed by atoms with van der Waals surface area (Å²) in [5.74, 6) is 0.920. The summed E-state index contributed by atoms with van der Waals surface area (Å²) in [4.78, 5) is 11.5. The van der Waals surface area contributed by atoms with Gasteiger partial charge in [0.1, 0.15) is 4.71 Å². The highest BCUT2D eigenvalue weighted by atomic mass is 33.1. The average molecular weight is 238 g/mol. The molecule has 13 heavy (non-hydrogen) atoms. The van der Waals surface area contributed by atoms with Crippen molar-refractivity contribution < 1.29 is 4.79 Å². The van der Waals surface area contributed by atoms with Gasteiger partial charge < -0.3 is 5.32 Å². The van der Waals surface area contributed by atoms with Crippen LogP contribution in [0.5, 0.6) is 0 Å². The second-order valence-electron chi connectivity index (χ2n) is 3.15. The smallest absolute Gasteiger partial charge is 0.238 e. The normalized spacial score (nSPS) is 28.0. The van der Waals surface area contributed by atoms with Crippen molar-refractivity contribution in [1.29, 1.82) is 0 Å². The Morgan fingerprint density at radius 1 is 1.77 bits per heavy atom. The number of thioether (sulfide) groups is 1. The highest BCUT2D eigenvalue weighted by Crippen LogP contribution is 2.29. The third-order valence-corrected chi connectivity index (χ3v) is 4.64. The Morgan fingerprint density at radius 2 is 2.46 bits per heavy atom. The molecule has 1 fully saturated rings. The largest absolute Gasteiger partial charge is 0.353 e. The van der Waals surface area contributed by atoms with E-state index in [1.165, 1.54) is 10.8 Å². The zero-order valence-electron chi connectivity index (χ0n) is 7.61. The molecule has 6 heteroatoms. The quantitative estimate of drug-likeness (QED) is 0.508. The van der Waals surface area contributed by atoms with Crippen molar-refractivity contribution in [2.24, 2.45) is 0 Å². The summed E-state index contributed by atoms with van der Waals surface area (Å²) in [6, 6.07) is 0.152. The van der Waals surface area contributed by atoms with E-state index in [1.54, 1.807) is 11.8 Å². The highest BCUT2D eigenvalue weighted by molar-refractivity contribution is 8.70. The van der Waals surface area contributed by atoms with Crippen LogP contribution in [0.25, 0.3) is 0 Å². The van der Waals surface area contributed by atoms with Crippen LogP contribution < -0.4 is 10.6 Å². The molecule has 2 unspecified atom stereocenters. The molecule has 1 aliphatic rings. The van der Waals surface area contributed by atoms with Gasteiger partial charge in [-0.15, -0.1) is 23.4 Å². The van der Waals surface area contributed by atoms with Gasteiger partial charge in [0.05, 0.1) is 6.04 Å². The standard InChI is InChI=1S/C7H14N2OS3/c1-4(2)8-6(10)5-3-12-7(9-5)13-11/h4-5,7,9,11H,3H2,1-2H3,(H,8,10). The lowest BCUT2D eigenvalue weighted by molar-refractivity contribution is -0.122. The SMILES string of the molecule is CC(C)NC(=O)C1CSC(SS)N1. The molecule has 0 aromatic carbocycles. The van der Waals surface area contributed by atoms with Gasteiger partial charge in [-0.25, -0.2) is 0 Å². The zero-order chi connectivity index (χ0) is 9.84. The van der Waals surface area contributed by atoms with Gasteiger partial charge in [-0.05, 0) is 13.8 Å². The molecule has 0 aliphatic carbocycles. The maximum atomic E-state index is 11.5. The van der Waals surface area contributed by atoms with E-state index in [0.717, 1.165) is 5.75 Å². The molecule has 1 amide bonds. The van der Waals surface area contributed by atoms with Crippen LogP contribution in [-0.2, 0) is 4.79 Å². The number of thiol groups is 1. The summed E-state index contributed by atoms with van der Waals surface area (Å²) < 4.78 is 0.242. The van der Waals surface area contributed by atoms with E-state index in [-0.39, 0.29) is 22.7 Å². The Labute approximate surface area is 92.0 Å². The van der Waals surface area contributed by atoms with Crippen LogP contribution in [0.2, 0.25) is 0 Å². The minimum absolute atomic E-state index is 0.0583. The topological polar surface area (TPSA) is 41.1 Å².